The molecule has 0 aliphatic rings. The van der Waals surface area contributed by atoms with Crippen molar-refractivity contribution in [2.45, 2.75) is 59.4 Å². The molecule has 0 atom stereocenters. The summed E-state index contributed by atoms with van der Waals surface area (Å²) in [6.45, 7) is 7.17. The Labute approximate surface area is 203 Å². The minimum atomic E-state index is 0.144. The van der Waals surface area contributed by atoms with Crippen LogP contribution in [0.25, 0.3) is 22.2 Å². The topological polar surface area (TPSA) is 38.1 Å². The van der Waals surface area contributed by atoms with E-state index in [2.05, 4.69) is 73.0 Å². The minimum Gasteiger partial charge on any atom is -0.323 e. The summed E-state index contributed by atoms with van der Waals surface area (Å²) in [5, 5.41) is 0. The van der Waals surface area contributed by atoms with Crippen molar-refractivity contribution < 1.29 is 4.79 Å². The van der Waals surface area contributed by atoms with Crippen molar-refractivity contribution in [2.75, 3.05) is 11.9 Å². The summed E-state index contributed by atoms with van der Waals surface area (Å²) >= 11 is 0. The van der Waals surface area contributed by atoms with Gasteiger partial charge in [-0.15, -0.1) is 0 Å². The molecule has 34 heavy (non-hydrogen) atoms. The number of aryl methyl sites for hydroxylation is 2. The lowest BCUT2D eigenvalue weighted by Crippen LogP contribution is -2.25. The molecule has 3 aromatic carbocycles. The summed E-state index contributed by atoms with van der Waals surface area (Å²) in [6, 6.07) is 23.5. The van der Waals surface area contributed by atoms with Crippen LogP contribution >= 0.6 is 0 Å². The van der Waals surface area contributed by atoms with Crippen LogP contribution in [0, 0.1) is 6.92 Å². The molecule has 1 amide bonds. The maximum absolute atomic E-state index is 12.5. The van der Waals surface area contributed by atoms with Crippen molar-refractivity contribution in [1.82, 2.24) is 9.55 Å². The van der Waals surface area contributed by atoms with Crippen LogP contribution in [0.2, 0.25) is 0 Å². The summed E-state index contributed by atoms with van der Waals surface area (Å²) in [4.78, 5) is 19.2. The maximum Gasteiger partial charge on any atom is 0.226 e. The zero-order valence-electron chi connectivity index (χ0n) is 20.8. The number of nitrogens with zero attached hydrogens (tertiary/aromatic N) is 3. The lowest BCUT2D eigenvalue weighted by Gasteiger charge is -2.17. The van der Waals surface area contributed by atoms with E-state index in [1.165, 1.54) is 22.3 Å². The van der Waals surface area contributed by atoms with Crippen LogP contribution in [0.3, 0.4) is 0 Å². The van der Waals surface area contributed by atoms with Gasteiger partial charge in [0.15, 0.2) is 0 Å². The van der Waals surface area contributed by atoms with Gasteiger partial charge in [-0.1, -0.05) is 68.8 Å². The number of rotatable bonds is 9. The third-order valence-corrected chi connectivity index (χ3v) is 6.54. The molecule has 0 spiro atoms. The van der Waals surface area contributed by atoms with E-state index in [0.717, 1.165) is 54.8 Å². The highest BCUT2D eigenvalue weighted by Gasteiger charge is 2.15. The summed E-state index contributed by atoms with van der Waals surface area (Å²) in [5.41, 5.74) is 8.04. The van der Waals surface area contributed by atoms with Crippen LogP contribution in [0.4, 0.5) is 5.69 Å². The first kappa shape index (κ1) is 23.7. The zero-order valence-corrected chi connectivity index (χ0v) is 20.8. The molecule has 0 bridgehead atoms. The molecule has 0 saturated carbocycles. The molecule has 1 aromatic heterocycles. The second kappa shape index (κ2) is 10.7. The first-order valence-corrected chi connectivity index (χ1v) is 12.4. The monoisotopic (exact) mass is 453 g/mol. The van der Waals surface area contributed by atoms with Gasteiger partial charge in [0.1, 0.15) is 5.82 Å². The van der Waals surface area contributed by atoms with Gasteiger partial charge >= 0.3 is 0 Å². The van der Waals surface area contributed by atoms with Gasteiger partial charge < -0.3 is 9.47 Å². The van der Waals surface area contributed by atoms with E-state index >= 15 is 0 Å². The predicted octanol–water partition coefficient (Wildman–Crippen LogP) is 7.17. The number of amides is 1. The SMILES string of the molecule is CCCCc1nc2ccc(N(C)C(=O)CCC)cc2n1Cc1ccc(-c2ccccc2C)cc1. The van der Waals surface area contributed by atoms with Gasteiger partial charge in [0.2, 0.25) is 5.91 Å². The first-order chi connectivity index (χ1) is 16.5. The van der Waals surface area contributed by atoms with Crippen molar-refractivity contribution in [3.63, 3.8) is 0 Å². The van der Waals surface area contributed by atoms with E-state index in [9.17, 15) is 4.79 Å². The maximum atomic E-state index is 12.5. The first-order valence-electron chi connectivity index (χ1n) is 12.4. The number of carbonyl (C=O) groups excluding carboxylic acids is 1. The average molecular weight is 454 g/mol. The fraction of sp³-hybridized carbons (Fsp3) is 0.333. The Bertz CT molecular complexity index is 1270. The molecule has 0 radical (unpaired) electrons. The van der Waals surface area contributed by atoms with Crippen molar-refractivity contribution in [3.05, 3.63) is 83.7 Å². The van der Waals surface area contributed by atoms with Crippen molar-refractivity contribution in [1.29, 1.82) is 0 Å². The molecule has 1 heterocycles. The van der Waals surface area contributed by atoms with Crippen molar-refractivity contribution in [3.8, 4) is 11.1 Å². The third-order valence-electron chi connectivity index (χ3n) is 6.54. The molecule has 4 rings (SSSR count). The number of anilines is 1. The number of benzene rings is 3. The molecule has 4 nitrogen and oxygen atoms in total. The average Bonchev–Trinajstić information content (AvgIpc) is 3.19. The summed E-state index contributed by atoms with van der Waals surface area (Å²) in [6.07, 6.45) is 4.60. The molecule has 0 N–H and O–H groups in total. The smallest absolute Gasteiger partial charge is 0.226 e. The molecule has 0 aliphatic heterocycles. The van der Waals surface area contributed by atoms with Gasteiger partial charge in [-0.2, -0.15) is 0 Å². The highest BCUT2D eigenvalue weighted by Crippen LogP contribution is 2.27. The number of carbonyl (C=O) groups is 1. The number of imidazole rings is 1. The van der Waals surface area contributed by atoms with E-state index in [-0.39, 0.29) is 5.91 Å². The van der Waals surface area contributed by atoms with E-state index in [0.29, 0.717) is 6.42 Å². The number of fused-ring (bicyclic) bond motifs is 1. The Kier molecular flexibility index (Phi) is 7.46. The molecule has 176 valence electrons. The summed E-state index contributed by atoms with van der Waals surface area (Å²) in [5.74, 6) is 1.26. The molecular weight excluding hydrogens is 418 g/mol. The van der Waals surface area contributed by atoms with Gasteiger partial charge in [0.25, 0.3) is 0 Å². The standard InChI is InChI=1S/C30H35N3O/c1-5-7-13-29-31-27-19-18-25(32(4)30(34)10-6-2)20-28(27)33(29)21-23-14-16-24(17-15-23)26-12-9-8-11-22(26)3/h8-9,11-12,14-20H,5-7,10,13,21H2,1-4H3. The lowest BCUT2D eigenvalue weighted by atomic mass is 9.99. The van der Waals surface area contributed by atoms with E-state index in [1.807, 2.05) is 26.1 Å². The van der Waals surface area contributed by atoms with E-state index in [4.69, 9.17) is 4.98 Å². The number of unbranched alkanes of at least 4 members (excludes halogenated alkanes) is 1. The molecule has 4 aromatic rings. The number of hydrogen-bond acceptors (Lipinski definition) is 2. The molecule has 4 heteroatoms. The largest absolute Gasteiger partial charge is 0.323 e. The summed E-state index contributed by atoms with van der Waals surface area (Å²) < 4.78 is 2.33. The van der Waals surface area contributed by atoms with Gasteiger partial charge in [-0.05, 0) is 60.2 Å². The summed E-state index contributed by atoms with van der Waals surface area (Å²) in [7, 11) is 1.86. The Balaban J connectivity index is 1.68. The predicted molar refractivity (Wildman–Crippen MR) is 142 cm³/mol. The van der Waals surface area contributed by atoms with Gasteiger partial charge in [-0.25, -0.2) is 4.98 Å². The van der Waals surface area contributed by atoms with Crippen LogP contribution in [-0.2, 0) is 17.8 Å². The fourth-order valence-corrected chi connectivity index (χ4v) is 4.47. The number of hydrogen-bond donors (Lipinski definition) is 0. The highest BCUT2D eigenvalue weighted by atomic mass is 16.2. The molecule has 0 saturated heterocycles. The second-order valence-corrected chi connectivity index (χ2v) is 9.11. The second-order valence-electron chi connectivity index (χ2n) is 9.11. The third kappa shape index (κ3) is 5.06. The Morgan fingerprint density at radius 1 is 0.971 bits per heavy atom. The van der Waals surface area contributed by atoms with Gasteiger partial charge in [0, 0.05) is 32.1 Å². The van der Waals surface area contributed by atoms with Crippen molar-refractivity contribution in [2.24, 2.45) is 0 Å². The van der Waals surface area contributed by atoms with Crippen LogP contribution in [0.15, 0.2) is 66.7 Å². The van der Waals surface area contributed by atoms with E-state index in [1.54, 1.807) is 4.90 Å². The molecular formula is C30H35N3O. The Morgan fingerprint density at radius 2 is 1.74 bits per heavy atom. The van der Waals surface area contributed by atoms with Crippen LogP contribution in [0.1, 0.15) is 56.5 Å². The minimum absolute atomic E-state index is 0.144. The number of aromatic nitrogens is 2. The van der Waals surface area contributed by atoms with Gasteiger partial charge in [-0.3, -0.25) is 4.79 Å². The lowest BCUT2D eigenvalue weighted by molar-refractivity contribution is -0.118. The molecule has 0 aliphatic carbocycles. The Morgan fingerprint density at radius 3 is 2.44 bits per heavy atom. The van der Waals surface area contributed by atoms with Crippen LogP contribution in [-0.4, -0.2) is 22.5 Å². The Hall–Kier alpha value is -3.40. The molecule has 0 unspecified atom stereocenters. The molecule has 0 fully saturated rings. The fourth-order valence-electron chi connectivity index (χ4n) is 4.47. The quantitative estimate of drug-likeness (QED) is 0.269. The highest BCUT2D eigenvalue weighted by molar-refractivity contribution is 5.95. The van der Waals surface area contributed by atoms with E-state index < -0.39 is 0 Å². The van der Waals surface area contributed by atoms with Crippen molar-refractivity contribution >= 4 is 22.6 Å². The van der Waals surface area contributed by atoms with Crippen LogP contribution < -0.4 is 4.90 Å². The van der Waals surface area contributed by atoms with Gasteiger partial charge in [0.05, 0.1) is 11.0 Å². The zero-order chi connectivity index (χ0) is 24.1. The van der Waals surface area contributed by atoms with Crippen LogP contribution in [0.5, 0.6) is 0 Å². The normalized spacial score (nSPS) is 11.2.